The van der Waals surface area contributed by atoms with Crippen LogP contribution in [0.5, 0.6) is 0 Å². The number of hydrogen-bond acceptors (Lipinski definition) is 5. The zero-order chi connectivity index (χ0) is 16.0. The summed E-state index contributed by atoms with van der Waals surface area (Å²) in [7, 11) is -3.58. The molecule has 0 saturated carbocycles. The maximum Gasteiger partial charge on any atom is 0.250 e. The van der Waals surface area contributed by atoms with Crippen molar-refractivity contribution in [1.82, 2.24) is 4.72 Å². The Morgan fingerprint density at radius 2 is 1.95 bits per heavy atom. The minimum atomic E-state index is -3.58. The summed E-state index contributed by atoms with van der Waals surface area (Å²) in [6.45, 7) is -0.229. The van der Waals surface area contributed by atoms with Crippen molar-refractivity contribution in [3.05, 3.63) is 51.8 Å². The van der Waals surface area contributed by atoms with Crippen LogP contribution in [0.3, 0.4) is 0 Å². The number of sulfonamides is 1. The van der Waals surface area contributed by atoms with Crippen molar-refractivity contribution in [3.63, 3.8) is 0 Å². The Morgan fingerprint density at radius 3 is 2.55 bits per heavy atom. The molecule has 2 N–H and O–H groups in total. The van der Waals surface area contributed by atoms with Gasteiger partial charge in [-0.2, -0.15) is 11.8 Å². The van der Waals surface area contributed by atoms with Crippen LogP contribution in [0.2, 0.25) is 0 Å². The molecule has 0 amide bonds. The lowest BCUT2D eigenvalue weighted by Gasteiger charge is -2.15. The first kappa shape index (κ1) is 18.0. The second kappa shape index (κ2) is 8.47. The van der Waals surface area contributed by atoms with Gasteiger partial charge in [0.05, 0.1) is 16.4 Å². The van der Waals surface area contributed by atoms with Crippen molar-refractivity contribution >= 4 is 49.1 Å². The van der Waals surface area contributed by atoms with Crippen LogP contribution >= 0.6 is 39.0 Å². The molecule has 0 aliphatic carbocycles. The third kappa shape index (κ3) is 5.36. The monoisotopic (exact) mass is 421 g/mol. The zero-order valence-electron chi connectivity index (χ0n) is 11.6. The predicted octanol–water partition coefficient (Wildman–Crippen LogP) is 3.08. The minimum absolute atomic E-state index is 0.229. The summed E-state index contributed by atoms with van der Waals surface area (Å²) in [6, 6.07) is 12.7. The van der Waals surface area contributed by atoms with E-state index in [9.17, 15) is 13.5 Å². The topological polar surface area (TPSA) is 66.4 Å². The molecule has 0 fully saturated rings. The molecule has 0 aliphatic heterocycles. The van der Waals surface area contributed by atoms with E-state index >= 15 is 0 Å². The smallest absolute Gasteiger partial charge is 0.250 e. The molecule has 22 heavy (non-hydrogen) atoms. The molecule has 120 valence electrons. The summed E-state index contributed by atoms with van der Waals surface area (Å²) in [6.07, 6.45) is 0. The van der Waals surface area contributed by atoms with Crippen LogP contribution in [-0.2, 0) is 15.8 Å². The number of benzene rings is 1. The minimum Gasteiger partial charge on any atom is -0.395 e. The van der Waals surface area contributed by atoms with E-state index in [4.69, 9.17) is 0 Å². The fourth-order valence-electron chi connectivity index (χ4n) is 1.74. The van der Waals surface area contributed by atoms with Crippen LogP contribution in [0, 0.1) is 0 Å². The Labute approximate surface area is 147 Å². The van der Waals surface area contributed by atoms with Gasteiger partial charge in [0.2, 0.25) is 10.0 Å². The molecule has 1 aromatic heterocycles. The van der Waals surface area contributed by atoms with Gasteiger partial charge >= 0.3 is 0 Å². The highest BCUT2D eigenvalue weighted by molar-refractivity contribution is 9.11. The predicted molar refractivity (Wildman–Crippen MR) is 95.8 cm³/mol. The van der Waals surface area contributed by atoms with Crippen LogP contribution in [-0.4, -0.2) is 31.9 Å². The number of hydrogen-bond donors (Lipinski definition) is 2. The second-order valence-corrected chi connectivity index (χ2v) is 9.99. The standard InChI is InChI=1S/C14H16BrNO3S3/c15-13-6-7-14(21-13)22(18,19)16-12(8-17)10-20-9-11-4-2-1-3-5-11/h1-7,12,16-17H,8-10H2/t12-/m1/s1. The summed E-state index contributed by atoms with van der Waals surface area (Å²) in [5, 5.41) is 9.39. The highest BCUT2D eigenvalue weighted by Crippen LogP contribution is 2.26. The van der Waals surface area contributed by atoms with Crippen LogP contribution in [0.1, 0.15) is 5.56 Å². The molecule has 0 spiro atoms. The molecule has 1 heterocycles. The molecule has 8 heteroatoms. The lowest BCUT2D eigenvalue weighted by atomic mass is 10.2. The molecule has 1 atom stereocenters. The molecular formula is C14H16BrNO3S3. The van der Waals surface area contributed by atoms with Gasteiger partial charge in [0.25, 0.3) is 0 Å². The number of nitrogens with one attached hydrogen (secondary N) is 1. The summed E-state index contributed by atoms with van der Waals surface area (Å²) < 4.78 is 28.0. The van der Waals surface area contributed by atoms with E-state index in [1.807, 2.05) is 30.3 Å². The van der Waals surface area contributed by atoms with Gasteiger partial charge in [-0.15, -0.1) is 11.3 Å². The number of rotatable bonds is 8. The van der Waals surface area contributed by atoms with Gasteiger partial charge in [-0.05, 0) is 33.6 Å². The van der Waals surface area contributed by atoms with Crippen LogP contribution in [0.4, 0.5) is 0 Å². The fraction of sp³-hybridized carbons (Fsp3) is 0.286. The lowest BCUT2D eigenvalue weighted by Crippen LogP contribution is -2.39. The van der Waals surface area contributed by atoms with E-state index < -0.39 is 16.1 Å². The summed E-state index contributed by atoms with van der Waals surface area (Å²) in [5.41, 5.74) is 1.18. The van der Waals surface area contributed by atoms with Gasteiger partial charge in [0.1, 0.15) is 4.21 Å². The highest BCUT2D eigenvalue weighted by Gasteiger charge is 2.21. The quantitative estimate of drug-likeness (QED) is 0.686. The molecule has 2 rings (SSSR count). The van der Waals surface area contributed by atoms with Crippen LogP contribution in [0.25, 0.3) is 0 Å². The first-order valence-electron chi connectivity index (χ1n) is 6.51. The van der Waals surface area contributed by atoms with Crippen molar-refractivity contribution in [3.8, 4) is 0 Å². The molecule has 0 aliphatic rings. The zero-order valence-corrected chi connectivity index (χ0v) is 15.6. The van der Waals surface area contributed by atoms with Gasteiger partial charge in [0, 0.05) is 11.5 Å². The van der Waals surface area contributed by atoms with Crippen LogP contribution in [0.15, 0.2) is 50.5 Å². The number of aliphatic hydroxyl groups excluding tert-OH is 1. The molecule has 4 nitrogen and oxygen atoms in total. The summed E-state index contributed by atoms with van der Waals surface area (Å²) in [5.74, 6) is 1.29. The maximum absolute atomic E-state index is 12.2. The van der Waals surface area contributed by atoms with Gasteiger partial charge in [-0.3, -0.25) is 0 Å². The molecule has 0 unspecified atom stereocenters. The SMILES string of the molecule is O=S(=O)(N[C@H](CO)CSCc1ccccc1)c1ccc(Br)s1. The van der Waals surface area contributed by atoms with Gasteiger partial charge in [-0.25, -0.2) is 13.1 Å². The first-order chi connectivity index (χ1) is 10.5. The van der Waals surface area contributed by atoms with Crippen molar-refractivity contribution in [2.24, 2.45) is 0 Å². The second-order valence-electron chi connectivity index (χ2n) is 4.56. The lowest BCUT2D eigenvalue weighted by molar-refractivity contribution is 0.267. The van der Waals surface area contributed by atoms with Crippen molar-refractivity contribution < 1.29 is 13.5 Å². The van der Waals surface area contributed by atoms with E-state index in [1.54, 1.807) is 23.9 Å². The molecule has 0 bridgehead atoms. The molecule has 0 radical (unpaired) electrons. The third-order valence-electron chi connectivity index (χ3n) is 2.79. The van der Waals surface area contributed by atoms with Gasteiger partial charge in [-0.1, -0.05) is 30.3 Å². The number of thioether (sulfide) groups is 1. The van der Waals surface area contributed by atoms with Crippen molar-refractivity contribution in [2.45, 2.75) is 16.0 Å². The Bertz CT molecular complexity index is 688. The van der Waals surface area contributed by atoms with E-state index in [1.165, 1.54) is 5.56 Å². The maximum atomic E-state index is 12.2. The van der Waals surface area contributed by atoms with Gasteiger partial charge < -0.3 is 5.11 Å². The van der Waals surface area contributed by atoms with E-state index in [0.29, 0.717) is 5.75 Å². The molecular weight excluding hydrogens is 406 g/mol. The summed E-state index contributed by atoms with van der Waals surface area (Å²) in [4.78, 5) is 0. The fourth-order valence-corrected chi connectivity index (χ4v) is 6.12. The number of aliphatic hydroxyl groups is 1. The number of halogens is 1. The van der Waals surface area contributed by atoms with Crippen molar-refractivity contribution in [2.75, 3.05) is 12.4 Å². The Kier molecular flexibility index (Phi) is 6.91. The largest absolute Gasteiger partial charge is 0.395 e. The molecule has 1 aromatic carbocycles. The molecule has 2 aromatic rings. The average molecular weight is 422 g/mol. The Morgan fingerprint density at radius 1 is 1.23 bits per heavy atom. The van der Waals surface area contributed by atoms with E-state index in [0.717, 1.165) is 20.9 Å². The van der Waals surface area contributed by atoms with E-state index in [-0.39, 0.29) is 10.8 Å². The van der Waals surface area contributed by atoms with Crippen LogP contribution < -0.4 is 4.72 Å². The van der Waals surface area contributed by atoms with Gasteiger partial charge in [0.15, 0.2) is 0 Å². The Balaban J connectivity index is 1.89. The first-order valence-corrected chi connectivity index (χ1v) is 10.8. The third-order valence-corrected chi connectivity index (χ3v) is 7.60. The average Bonchev–Trinajstić information content (AvgIpc) is 2.95. The number of thiophene rings is 1. The highest BCUT2D eigenvalue weighted by atomic mass is 79.9. The van der Waals surface area contributed by atoms with E-state index in [2.05, 4.69) is 20.7 Å². The van der Waals surface area contributed by atoms with Crippen molar-refractivity contribution in [1.29, 1.82) is 0 Å². The Hall–Kier alpha value is -0.380. The normalized spacial score (nSPS) is 13.2. The summed E-state index contributed by atoms with van der Waals surface area (Å²) >= 11 is 5.98. The molecule has 0 saturated heterocycles.